The minimum atomic E-state index is -3.51. The van der Waals surface area contributed by atoms with E-state index in [9.17, 15) is 23.5 Å². The van der Waals surface area contributed by atoms with Crippen molar-refractivity contribution >= 4 is 34.2 Å². The lowest BCUT2D eigenvalue weighted by molar-refractivity contribution is 0.0425. The first-order chi connectivity index (χ1) is 22.4. The summed E-state index contributed by atoms with van der Waals surface area (Å²) in [4.78, 5) is 28.5. The number of nitriles is 1. The van der Waals surface area contributed by atoms with Crippen LogP contribution in [-0.4, -0.2) is 70.7 Å². The second kappa shape index (κ2) is 13.3. The number of hydrogen-bond donors (Lipinski definition) is 1. The minimum Gasteiger partial charge on any atom is -0.495 e. The van der Waals surface area contributed by atoms with Crippen molar-refractivity contribution in [2.45, 2.75) is 12.0 Å². The van der Waals surface area contributed by atoms with Gasteiger partial charge in [0.25, 0.3) is 17.7 Å². The van der Waals surface area contributed by atoms with Gasteiger partial charge in [-0.05, 0) is 55.6 Å². The van der Waals surface area contributed by atoms with Crippen LogP contribution in [0.15, 0.2) is 66.9 Å². The SMILES string of the molecule is COc1cc(C(F)(F)c2ccc(N3CC(CN(C)S(C)=O)n4ncc(NC(=O)c5ccc(OC)c(C#N)c5)c4C3=O)cc2)ccc1F. The number of carbonyl (C=O) groups excluding carboxylic acids is 2. The number of hydrogen-bond acceptors (Lipinski definition) is 7. The number of benzene rings is 3. The van der Waals surface area contributed by atoms with Crippen molar-refractivity contribution in [2.24, 2.45) is 0 Å². The van der Waals surface area contributed by atoms with Crippen molar-refractivity contribution in [1.82, 2.24) is 14.1 Å². The highest BCUT2D eigenvalue weighted by Gasteiger charge is 2.38. The van der Waals surface area contributed by atoms with Gasteiger partial charge >= 0.3 is 0 Å². The predicted molar refractivity (Wildman–Crippen MR) is 168 cm³/mol. The number of anilines is 2. The molecule has 3 aromatic carbocycles. The molecule has 2 amide bonds. The van der Waals surface area contributed by atoms with Crippen LogP contribution in [0.2, 0.25) is 0 Å². The Labute approximate surface area is 270 Å². The first-order valence-corrected chi connectivity index (χ1v) is 15.6. The van der Waals surface area contributed by atoms with Crippen LogP contribution in [0.3, 0.4) is 0 Å². The van der Waals surface area contributed by atoms with Gasteiger partial charge in [-0.2, -0.15) is 19.1 Å². The van der Waals surface area contributed by atoms with E-state index < -0.39 is 51.7 Å². The topological polar surface area (TPSA) is 130 Å². The van der Waals surface area contributed by atoms with E-state index in [-0.39, 0.29) is 47.0 Å². The smallest absolute Gasteiger partial charge is 0.298 e. The third-order valence-corrected chi connectivity index (χ3v) is 8.80. The molecule has 5 rings (SSSR count). The van der Waals surface area contributed by atoms with Gasteiger partial charge in [-0.15, -0.1) is 0 Å². The number of aromatic nitrogens is 2. The van der Waals surface area contributed by atoms with Gasteiger partial charge in [0.1, 0.15) is 11.8 Å². The molecule has 1 aliphatic rings. The molecule has 1 aromatic heterocycles. The predicted octanol–water partition coefficient (Wildman–Crippen LogP) is 4.73. The zero-order chi connectivity index (χ0) is 34.0. The summed E-state index contributed by atoms with van der Waals surface area (Å²) < 4.78 is 70.0. The molecule has 15 heteroatoms. The summed E-state index contributed by atoms with van der Waals surface area (Å²) in [5.41, 5.74) is -0.208. The Hall–Kier alpha value is -5.20. The number of alkyl halides is 2. The summed E-state index contributed by atoms with van der Waals surface area (Å²) in [6, 6.07) is 13.6. The molecule has 0 radical (unpaired) electrons. The van der Waals surface area contributed by atoms with E-state index in [2.05, 4.69) is 10.4 Å². The molecule has 1 N–H and O–H groups in total. The molecule has 11 nitrogen and oxygen atoms in total. The standard InChI is InChI=1S/C32H29F3N6O5S/c1-39(47(4)44)17-24-18-40(23-9-6-21(7-10-23)32(34,35)22-8-11-25(33)28(14-22)46-3)31(43)29-26(16-37-41(24)29)38-30(42)19-5-12-27(45-2)20(13-19)15-36/h5-14,16,24H,17-18H2,1-4H3,(H,38,42). The monoisotopic (exact) mass is 666 g/mol. The van der Waals surface area contributed by atoms with Crippen molar-refractivity contribution in [3.05, 3.63) is 101 Å². The molecule has 2 heterocycles. The lowest BCUT2D eigenvalue weighted by Gasteiger charge is -2.35. The fourth-order valence-corrected chi connectivity index (χ4v) is 5.59. The zero-order valence-electron chi connectivity index (χ0n) is 25.7. The molecule has 0 fully saturated rings. The maximum absolute atomic E-state index is 15.5. The molecule has 1 aliphatic heterocycles. The average Bonchev–Trinajstić information content (AvgIpc) is 3.49. The zero-order valence-corrected chi connectivity index (χ0v) is 26.5. The van der Waals surface area contributed by atoms with Crippen LogP contribution in [0.5, 0.6) is 11.5 Å². The van der Waals surface area contributed by atoms with Crippen LogP contribution < -0.4 is 19.7 Å². The van der Waals surface area contributed by atoms with Gasteiger partial charge in [0, 0.05) is 35.2 Å². The van der Waals surface area contributed by atoms with E-state index in [4.69, 9.17) is 9.47 Å². The molecule has 0 saturated heterocycles. The number of methoxy groups -OCH3 is 2. The number of rotatable bonds is 10. The van der Waals surface area contributed by atoms with Gasteiger partial charge in [-0.1, -0.05) is 12.1 Å². The first-order valence-electron chi connectivity index (χ1n) is 14.1. The number of nitrogens with one attached hydrogen (secondary N) is 1. The second-order valence-electron chi connectivity index (χ2n) is 10.6. The van der Waals surface area contributed by atoms with Gasteiger partial charge in [0.2, 0.25) is 0 Å². The van der Waals surface area contributed by atoms with Gasteiger partial charge in [-0.3, -0.25) is 14.3 Å². The first kappa shape index (κ1) is 33.2. The van der Waals surface area contributed by atoms with Crippen molar-refractivity contribution in [1.29, 1.82) is 5.26 Å². The maximum atomic E-state index is 15.5. The lowest BCUT2D eigenvalue weighted by Crippen LogP contribution is -2.47. The summed E-state index contributed by atoms with van der Waals surface area (Å²) in [6.07, 6.45) is 2.82. The van der Waals surface area contributed by atoms with Crippen LogP contribution in [0.4, 0.5) is 24.5 Å². The van der Waals surface area contributed by atoms with Crippen molar-refractivity contribution in [3.8, 4) is 17.6 Å². The summed E-state index contributed by atoms with van der Waals surface area (Å²) in [7, 11) is 2.86. The fraction of sp³-hybridized carbons (Fsp3) is 0.250. The third kappa shape index (κ3) is 6.42. The number of likely N-dealkylation sites (N-methyl/N-ethyl adjacent to an activating group) is 1. The van der Waals surface area contributed by atoms with Gasteiger partial charge in [0.15, 0.2) is 17.3 Å². The molecule has 0 bridgehead atoms. The van der Waals surface area contributed by atoms with Crippen LogP contribution in [0.25, 0.3) is 0 Å². The van der Waals surface area contributed by atoms with Gasteiger partial charge in [0.05, 0.1) is 55.2 Å². The molecule has 0 saturated carbocycles. The molecule has 244 valence electrons. The van der Waals surface area contributed by atoms with Crippen molar-refractivity contribution in [2.75, 3.05) is 50.8 Å². The maximum Gasteiger partial charge on any atom is 0.298 e. The van der Waals surface area contributed by atoms with E-state index in [0.717, 1.165) is 18.2 Å². The highest BCUT2D eigenvalue weighted by atomic mass is 32.2. The quantitative estimate of drug-likeness (QED) is 0.259. The van der Waals surface area contributed by atoms with Crippen LogP contribution >= 0.6 is 0 Å². The Bertz CT molecular complexity index is 1910. The number of ether oxygens (including phenoxy) is 2. The van der Waals surface area contributed by atoms with Crippen molar-refractivity contribution in [3.63, 3.8) is 0 Å². The Morgan fingerprint density at radius 1 is 1.11 bits per heavy atom. The van der Waals surface area contributed by atoms with E-state index in [1.165, 1.54) is 78.7 Å². The van der Waals surface area contributed by atoms with Crippen LogP contribution in [0.1, 0.15) is 43.6 Å². The normalized spacial score (nSPS) is 15.2. The molecular weight excluding hydrogens is 637 g/mol. The number of amides is 2. The molecular formula is C32H29F3N6O5S. The van der Waals surface area contributed by atoms with Gasteiger partial charge < -0.3 is 19.7 Å². The average molecular weight is 667 g/mol. The molecule has 47 heavy (non-hydrogen) atoms. The fourth-order valence-electron chi connectivity index (χ4n) is 5.21. The molecule has 2 atom stereocenters. The number of halogens is 3. The molecule has 0 aliphatic carbocycles. The third-order valence-electron chi connectivity index (χ3n) is 7.77. The Morgan fingerprint density at radius 3 is 2.43 bits per heavy atom. The summed E-state index contributed by atoms with van der Waals surface area (Å²) >= 11 is 0. The minimum absolute atomic E-state index is 0.0201. The number of fused-ring (bicyclic) bond motifs is 1. The summed E-state index contributed by atoms with van der Waals surface area (Å²) in [5.74, 6) is -5.49. The van der Waals surface area contributed by atoms with Crippen LogP contribution in [0, 0.1) is 17.1 Å². The highest BCUT2D eigenvalue weighted by Crippen LogP contribution is 2.39. The largest absolute Gasteiger partial charge is 0.495 e. The number of carbonyl (C=O) groups is 2. The van der Waals surface area contributed by atoms with Gasteiger partial charge in [-0.25, -0.2) is 12.9 Å². The number of nitrogens with zero attached hydrogens (tertiary/aromatic N) is 5. The molecule has 4 aromatic rings. The molecule has 0 spiro atoms. The second-order valence-corrected chi connectivity index (χ2v) is 12.1. The summed E-state index contributed by atoms with van der Waals surface area (Å²) in [5, 5.41) is 16.5. The van der Waals surface area contributed by atoms with E-state index in [0.29, 0.717) is 5.75 Å². The summed E-state index contributed by atoms with van der Waals surface area (Å²) in [6.45, 7) is 0.249. The highest BCUT2D eigenvalue weighted by molar-refractivity contribution is 7.81. The van der Waals surface area contributed by atoms with E-state index in [1.54, 1.807) is 11.4 Å². The van der Waals surface area contributed by atoms with Crippen molar-refractivity contribution < 1.29 is 36.4 Å². The Balaban J connectivity index is 1.48. The van der Waals surface area contributed by atoms with E-state index >= 15 is 8.78 Å². The van der Waals surface area contributed by atoms with Crippen LogP contribution in [-0.2, 0) is 16.9 Å². The Morgan fingerprint density at radius 2 is 1.79 bits per heavy atom. The Kier molecular flexibility index (Phi) is 9.36. The molecule has 2 unspecified atom stereocenters. The van der Waals surface area contributed by atoms with E-state index in [1.807, 2.05) is 6.07 Å². The lowest BCUT2D eigenvalue weighted by atomic mass is 9.99.